The molecule has 1 aromatic rings. The second-order valence-electron chi connectivity index (χ2n) is 19.3. The summed E-state index contributed by atoms with van der Waals surface area (Å²) in [4.78, 5) is 124. The molecular formula is C48H83N13O12. The summed E-state index contributed by atoms with van der Waals surface area (Å²) in [5, 5.41) is 50.7. The number of nitrogens with one attached hydrogen (secondary N) is 8. The van der Waals surface area contributed by atoms with Gasteiger partial charge in [0.15, 0.2) is 5.96 Å². The molecule has 0 aromatic heterocycles. The van der Waals surface area contributed by atoms with Crippen molar-refractivity contribution in [2.45, 2.75) is 167 Å². The summed E-state index contributed by atoms with van der Waals surface area (Å²) < 4.78 is 0. The van der Waals surface area contributed by atoms with Crippen LogP contribution in [0.2, 0.25) is 0 Å². The van der Waals surface area contributed by atoms with E-state index in [9.17, 15) is 58.5 Å². The highest BCUT2D eigenvalue weighted by molar-refractivity contribution is 5.98. The quantitative estimate of drug-likeness (QED) is 0.0184. The second kappa shape index (κ2) is 33.3. The van der Waals surface area contributed by atoms with Crippen molar-refractivity contribution in [2.24, 2.45) is 45.7 Å². The van der Waals surface area contributed by atoms with Crippen LogP contribution in [0.15, 0.2) is 35.3 Å². The normalized spacial score (nSPS) is 15.4. The van der Waals surface area contributed by atoms with E-state index < -0.39 is 126 Å². The zero-order valence-electron chi connectivity index (χ0n) is 43.4. The maximum absolute atomic E-state index is 13.9. The van der Waals surface area contributed by atoms with Crippen LogP contribution in [0.5, 0.6) is 0 Å². The number of aliphatic carboxylic acids is 1. The molecule has 0 radical (unpaired) electrons. The molecule has 0 spiro atoms. The van der Waals surface area contributed by atoms with Gasteiger partial charge in [-0.1, -0.05) is 71.9 Å². The highest BCUT2D eigenvalue weighted by atomic mass is 16.4. The number of nitrogens with two attached hydrogens (primary N) is 4. The Morgan fingerprint density at radius 2 is 1.04 bits per heavy atom. The molecule has 0 bridgehead atoms. The van der Waals surface area contributed by atoms with Gasteiger partial charge in [-0.2, -0.15) is 0 Å². The number of carbonyl (C=O) groups excluding carboxylic acids is 8. The Morgan fingerprint density at radius 3 is 1.55 bits per heavy atom. The number of carbonyl (C=O) groups is 9. The van der Waals surface area contributed by atoms with Gasteiger partial charge in [-0.25, -0.2) is 4.79 Å². The number of hydrogen-bond acceptors (Lipinski definition) is 14. The highest BCUT2D eigenvalue weighted by Crippen LogP contribution is 2.12. The van der Waals surface area contributed by atoms with Crippen molar-refractivity contribution < 1.29 is 58.5 Å². The smallest absolute Gasteiger partial charge is 0.326 e. The molecule has 0 saturated carbocycles. The SMILES string of the molecule is CC(C)C[C@H](NC(=O)[C@H](CC(C)C)NC(=O)[C@@H](NC(=O)[C@@H](N)CCCN=C(N)N)[C@@H](C)O)C(=O)N[C@@H](C)C(=O)N[C@@H](CCCCN)C(=O)N[C@@H](CO)C(=O)N[C@H](C(=O)N[C@@H](Cc1ccccc1)C(=O)O)C(C)C. The second-order valence-corrected chi connectivity index (χ2v) is 19.3. The number of hydrogen-bond donors (Lipinski definition) is 15. The molecule has 0 aliphatic carbocycles. The fraction of sp³-hybridized carbons (Fsp3) is 0.667. The van der Waals surface area contributed by atoms with E-state index in [1.165, 1.54) is 13.8 Å². The van der Waals surface area contributed by atoms with Crippen LogP contribution in [-0.4, -0.2) is 155 Å². The molecule has 73 heavy (non-hydrogen) atoms. The van der Waals surface area contributed by atoms with E-state index in [4.69, 9.17) is 22.9 Å². The van der Waals surface area contributed by atoms with E-state index in [1.807, 2.05) is 0 Å². The van der Waals surface area contributed by atoms with Crippen LogP contribution in [0.4, 0.5) is 0 Å². The Hall–Kier alpha value is -6.44. The number of carboxylic acid groups (broad SMARTS) is 1. The summed E-state index contributed by atoms with van der Waals surface area (Å²) in [5.41, 5.74) is 23.0. The molecule has 0 aliphatic heterocycles. The molecule has 412 valence electrons. The van der Waals surface area contributed by atoms with Crippen LogP contribution in [0.1, 0.15) is 106 Å². The minimum Gasteiger partial charge on any atom is -0.480 e. The number of amides is 8. The molecule has 25 nitrogen and oxygen atoms in total. The molecular weight excluding hydrogens is 951 g/mol. The lowest BCUT2D eigenvalue weighted by molar-refractivity contribution is -0.142. The number of carboxylic acids is 1. The summed E-state index contributed by atoms with van der Waals surface area (Å²) in [6.45, 7) is 12.5. The van der Waals surface area contributed by atoms with Crippen molar-refractivity contribution in [2.75, 3.05) is 19.7 Å². The number of unbranched alkanes of at least 4 members (excludes halogenated alkanes) is 1. The predicted molar refractivity (Wildman–Crippen MR) is 272 cm³/mol. The number of guanidine groups is 1. The lowest BCUT2D eigenvalue weighted by Crippen LogP contribution is -2.61. The van der Waals surface area contributed by atoms with Gasteiger partial charge in [-0.15, -0.1) is 0 Å². The molecule has 10 atom stereocenters. The van der Waals surface area contributed by atoms with Crippen molar-refractivity contribution in [3.63, 3.8) is 0 Å². The third-order valence-corrected chi connectivity index (χ3v) is 11.3. The summed E-state index contributed by atoms with van der Waals surface area (Å²) in [6, 6.07) is -3.32. The van der Waals surface area contributed by atoms with Gasteiger partial charge in [0.05, 0.1) is 18.8 Å². The number of aliphatic imine (C=N–C) groups is 1. The van der Waals surface area contributed by atoms with Crippen molar-refractivity contribution in [3.05, 3.63) is 35.9 Å². The molecule has 8 amide bonds. The zero-order valence-corrected chi connectivity index (χ0v) is 43.4. The standard InChI is InChI=1S/C48H83N13O12/c1-25(2)21-33(56-43(68)34(22-26(3)4)57-46(71)38(29(8)63)61-40(65)31(50)17-14-20-53-48(51)52)42(67)54-28(7)39(64)55-32(18-12-13-19-49)41(66)59-36(24-62)44(69)60-37(27(5)6)45(70)58-35(47(72)73)23-30-15-10-9-11-16-30/h9-11,15-16,25-29,31-38,62-63H,12-14,17-24,49-50H2,1-8H3,(H,54,67)(H,55,64)(H,56,68)(H,57,71)(H,58,70)(H,59,66)(H,60,69)(H,61,65)(H,72,73)(H4,51,52,53)/t28-,29+,31-,32-,33-,34-,35-,36-,37-,38-/m0/s1. The molecule has 1 aromatic carbocycles. The van der Waals surface area contributed by atoms with Gasteiger partial charge < -0.3 is 80.8 Å². The minimum absolute atomic E-state index is 0.0202. The topological polar surface area (TPSA) is 427 Å². The first-order valence-corrected chi connectivity index (χ1v) is 24.7. The lowest BCUT2D eigenvalue weighted by atomic mass is 9.99. The van der Waals surface area contributed by atoms with E-state index >= 15 is 0 Å². The van der Waals surface area contributed by atoms with Crippen LogP contribution in [0.25, 0.3) is 0 Å². The van der Waals surface area contributed by atoms with Crippen molar-refractivity contribution in [1.82, 2.24) is 42.5 Å². The van der Waals surface area contributed by atoms with Crippen LogP contribution in [0.3, 0.4) is 0 Å². The average molecular weight is 1030 g/mol. The van der Waals surface area contributed by atoms with Crippen LogP contribution in [0, 0.1) is 17.8 Å². The maximum Gasteiger partial charge on any atom is 0.326 e. The Labute approximate surface area is 427 Å². The number of nitrogens with zero attached hydrogens (tertiary/aromatic N) is 1. The first-order chi connectivity index (χ1) is 34.2. The van der Waals surface area contributed by atoms with Crippen molar-refractivity contribution in [1.29, 1.82) is 0 Å². The fourth-order valence-corrected chi connectivity index (χ4v) is 7.26. The van der Waals surface area contributed by atoms with Gasteiger partial charge in [0.1, 0.15) is 48.3 Å². The van der Waals surface area contributed by atoms with E-state index in [2.05, 4.69) is 47.5 Å². The van der Waals surface area contributed by atoms with E-state index in [-0.39, 0.29) is 63.0 Å². The number of benzene rings is 1. The zero-order chi connectivity index (χ0) is 55.5. The Bertz CT molecular complexity index is 1980. The van der Waals surface area contributed by atoms with Gasteiger partial charge in [0.25, 0.3) is 0 Å². The molecule has 0 fully saturated rings. The number of rotatable bonds is 34. The Balaban J connectivity index is 3.18. The third-order valence-electron chi connectivity index (χ3n) is 11.3. The predicted octanol–water partition coefficient (Wildman–Crippen LogP) is -3.16. The van der Waals surface area contributed by atoms with Crippen LogP contribution >= 0.6 is 0 Å². The van der Waals surface area contributed by atoms with Gasteiger partial charge in [0.2, 0.25) is 47.3 Å². The average Bonchev–Trinajstić information content (AvgIpc) is 3.31. The Kier molecular flexibility index (Phi) is 29.5. The maximum atomic E-state index is 13.9. The van der Waals surface area contributed by atoms with Gasteiger partial charge in [-0.3, -0.25) is 43.3 Å². The van der Waals surface area contributed by atoms with Crippen LogP contribution in [-0.2, 0) is 49.6 Å². The molecule has 25 heteroatoms. The Morgan fingerprint density at radius 1 is 0.562 bits per heavy atom. The van der Waals surface area contributed by atoms with E-state index in [1.54, 1.807) is 71.9 Å². The fourth-order valence-electron chi connectivity index (χ4n) is 7.26. The molecule has 0 unspecified atom stereocenters. The van der Waals surface area contributed by atoms with E-state index in [0.29, 0.717) is 24.8 Å². The summed E-state index contributed by atoms with van der Waals surface area (Å²) in [7, 11) is 0. The first-order valence-electron chi connectivity index (χ1n) is 24.7. The largest absolute Gasteiger partial charge is 0.480 e. The van der Waals surface area contributed by atoms with Crippen molar-refractivity contribution in [3.8, 4) is 0 Å². The summed E-state index contributed by atoms with van der Waals surface area (Å²) in [5.74, 6) is -9.00. The number of aliphatic hydroxyl groups excluding tert-OH is 2. The lowest BCUT2D eigenvalue weighted by Gasteiger charge is -2.29. The highest BCUT2D eigenvalue weighted by Gasteiger charge is 2.36. The van der Waals surface area contributed by atoms with Gasteiger partial charge in [-0.05, 0) is 88.7 Å². The molecule has 0 heterocycles. The third kappa shape index (κ3) is 24.7. The first kappa shape index (κ1) is 64.6. The summed E-state index contributed by atoms with van der Waals surface area (Å²) in [6.07, 6.45) is 0.0363. The monoisotopic (exact) mass is 1030 g/mol. The van der Waals surface area contributed by atoms with Gasteiger partial charge in [0, 0.05) is 13.0 Å². The molecule has 0 saturated heterocycles. The van der Waals surface area contributed by atoms with Gasteiger partial charge >= 0.3 is 5.97 Å². The number of aliphatic hydroxyl groups is 2. The summed E-state index contributed by atoms with van der Waals surface area (Å²) >= 11 is 0. The van der Waals surface area contributed by atoms with Crippen molar-refractivity contribution >= 4 is 59.2 Å². The van der Waals surface area contributed by atoms with E-state index in [0.717, 1.165) is 0 Å². The minimum atomic E-state index is -1.62. The molecule has 19 N–H and O–H groups in total. The molecule has 0 aliphatic rings. The molecule has 1 rings (SSSR count). The van der Waals surface area contributed by atoms with Crippen LogP contribution < -0.4 is 65.5 Å².